The highest BCUT2D eigenvalue weighted by molar-refractivity contribution is 5.92. The quantitative estimate of drug-likeness (QED) is 0.503. The zero-order valence-corrected chi connectivity index (χ0v) is 16.1. The number of fused-ring (bicyclic) bond motifs is 3. The van der Waals surface area contributed by atoms with E-state index in [4.69, 9.17) is 9.47 Å². The fourth-order valence-electron chi connectivity index (χ4n) is 3.04. The molecule has 5 nitrogen and oxygen atoms in total. The van der Waals surface area contributed by atoms with Gasteiger partial charge >= 0.3 is 11.9 Å². The molecule has 0 bridgehead atoms. The third-order valence-corrected chi connectivity index (χ3v) is 4.61. The number of phenolic OH excluding ortho intramolecular Hbond substituents is 1. The number of hydrogen-bond donors (Lipinski definition) is 1. The molecule has 0 radical (unpaired) electrons. The second-order valence-corrected chi connectivity index (χ2v) is 7.12. The molecular weight excluding hydrogens is 356 g/mol. The van der Waals surface area contributed by atoms with Crippen molar-refractivity contribution in [3.8, 4) is 11.5 Å². The molecule has 28 heavy (non-hydrogen) atoms. The highest BCUT2D eigenvalue weighted by Crippen LogP contribution is 2.30. The first-order valence-electron chi connectivity index (χ1n) is 8.91. The Morgan fingerprint density at radius 2 is 1.71 bits per heavy atom. The van der Waals surface area contributed by atoms with Gasteiger partial charge in [-0.05, 0) is 53.3 Å². The van der Waals surface area contributed by atoms with Crippen LogP contribution in [0, 0.1) is 5.92 Å². The number of hydrogen-bond acceptors (Lipinski definition) is 5. The van der Waals surface area contributed by atoms with Crippen molar-refractivity contribution in [2.45, 2.75) is 26.9 Å². The molecule has 0 saturated carbocycles. The fraction of sp³-hybridized carbons (Fsp3) is 0.217. The number of phenols is 1. The van der Waals surface area contributed by atoms with Crippen molar-refractivity contribution in [3.63, 3.8) is 0 Å². The van der Waals surface area contributed by atoms with Gasteiger partial charge in [0, 0.05) is 17.1 Å². The molecule has 3 rings (SSSR count). The number of aromatic hydroxyl groups is 1. The first kappa shape index (κ1) is 19.4. The van der Waals surface area contributed by atoms with Crippen molar-refractivity contribution in [1.29, 1.82) is 0 Å². The zero-order chi connectivity index (χ0) is 20.6. The van der Waals surface area contributed by atoms with E-state index in [0.717, 1.165) is 21.2 Å². The number of benzene rings is 2. The van der Waals surface area contributed by atoms with Gasteiger partial charge in [0.2, 0.25) is 0 Å². The van der Waals surface area contributed by atoms with Gasteiger partial charge in [0.1, 0.15) is 6.10 Å². The van der Waals surface area contributed by atoms with Crippen LogP contribution >= 0.6 is 0 Å². The summed E-state index contributed by atoms with van der Waals surface area (Å²) in [4.78, 5) is 23.8. The summed E-state index contributed by atoms with van der Waals surface area (Å²) in [5, 5.41) is 13.6. The van der Waals surface area contributed by atoms with Crippen molar-refractivity contribution in [2.24, 2.45) is 5.92 Å². The van der Waals surface area contributed by atoms with Crippen molar-refractivity contribution in [3.05, 3.63) is 59.0 Å². The summed E-state index contributed by atoms with van der Waals surface area (Å²) in [7, 11) is 0. The molecule has 0 saturated heterocycles. The van der Waals surface area contributed by atoms with E-state index in [1.807, 2.05) is 31.2 Å². The minimum absolute atomic E-state index is 0.00826. The molecule has 1 N–H and O–H groups in total. The summed E-state index contributed by atoms with van der Waals surface area (Å²) in [5.41, 5.74) is 0.568. The van der Waals surface area contributed by atoms with Crippen LogP contribution in [0.15, 0.2) is 48.6 Å². The van der Waals surface area contributed by atoms with Gasteiger partial charge in [-0.25, -0.2) is 9.59 Å². The van der Waals surface area contributed by atoms with Crippen molar-refractivity contribution in [2.75, 3.05) is 0 Å². The predicted molar refractivity (Wildman–Crippen MR) is 108 cm³/mol. The maximum absolute atomic E-state index is 12.0. The van der Waals surface area contributed by atoms with Gasteiger partial charge < -0.3 is 14.6 Å². The van der Waals surface area contributed by atoms with Gasteiger partial charge in [-0.15, -0.1) is 0 Å². The molecule has 2 unspecified atom stereocenters. The van der Waals surface area contributed by atoms with Crippen LogP contribution < -0.4 is 15.2 Å². The predicted octanol–water partition coefficient (Wildman–Crippen LogP) is 2.73. The molecule has 0 aliphatic heterocycles. The molecule has 1 aliphatic carbocycles. The number of rotatable bonds is 4. The van der Waals surface area contributed by atoms with Crippen LogP contribution in [0.5, 0.6) is 11.5 Å². The second kappa shape index (κ2) is 7.35. The molecule has 144 valence electrons. The van der Waals surface area contributed by atoms with Crippen molar-refractivity contribution < 1.29 is 24.2 Å². The highest BCUT2D eigenvalue weighted by atomic mass is 16.5. The largest absolute Gasteiger partial charge is 0.504 e. The molecule has 5 heteroatoms. The summed E-state index contributed by atoms with van der Waals surface area (Å²) < 4.78 is 10.8. The molecule has 0 fully saturated rings. The topological polar surface area (TPSA) is 72.8 Å². The summed E-state index contributed by atoms with van der Waals surface area (Å²) in [6.45, 7) is 12.3. The summed E-state index contributed by atoms with van der Waals surface area (Å²) >= 11 is 0. The second-order valence-electron chi connectivity index (χ2n) is 7.12. The molecule has 0 amide bonds. The molecule has 2 atom stereocenters. The van der Waals surface area contributed by atoms with E-state index in [9.17, 15) is 14.7 Å². The Balaban J connectivity index is 2.15. The first-order valence-corrected chi connectivity index (χ1v) is 8.91. The van der Waals surface area contributed by atoms with Gasteiger partial charge in [0.25, 0.3) is 0 Å². The number of carbonyl (C=O) groups excluding carboxylic acids is 2. The lowest BCUT2D eigenvalue weighted by atomic mass is 9.93. The maximum Gasteiger partial charge on any atom is 0.338 e. The van der Waals surface area contributed by atoms with E-state index in [-0.39, 0.29) is 23.0 Å². The van der Waals surface area contributed by atoms with Crippen LogP contribution in [0.4, 0.5) is 0 Å². The van der Waals surface area contributed by atoms with Crippen LogP contribution in [-0.4, -0.2) is 23.1 Å². The monoisotopic (exact) mass is 378 g/mol. The van der Waals surface area contributed by atoms with E-state index >= 15 is 0 Å². The zero-order valence-electron chi connectivity index (χ0n) is 16.1. The lowest BCUT2D eigenvalue weighted by Gasteiger charge is -2.22. The van der Waals surface area contributed by atoms with E-state index in [1.165, 1.54) is 13.0 Å². The first-order chi connectivity index (χ1) is 13.2. The number of ether oxygens (including phenoxy) is 2. The molecule has 1 aliphatic rings. The Morgan fingerprint density at radius 3 is 2.36 bits per heavy atom. The summed E-state index contributed by atoms with van der Waals surface area (Å²) in [5.74, 6) is -1.15. The van der Waals surface area contributed by atoms with E-state index in [2.05, 4.69) is 13.2 Å². The summed E-state index contributed by atoms with van der Waals surface area (Å²) in [6, 6.07) is 6.98. The molecule has 2 aromatic carbocycles. The highest BCUT2D eigenvalue weighted by Gasteiger charge is 2.21. The van der Waals surface area contributed by atoms with E-state index < -0.39 is 18.0 Å². The van der Waals surface area contributed by atoms with Crippen molar-refractivity contribution in [1.82, 2.24) is 0 Å². The Morgan fingerprint density at radius 1 is 1.04 bits per heavy atom. The Hall–Kier alpha value is -3.34. The smallest absolute Gasteiger partial charge is 0.338 e. The van der Waals surface area contributed by atoms with Gasteiger partial charge in [0.15, 0.2) is 11.5 Å². The van der Waals surface area contributed by atoms with Crippen LogP contribution in [0.2, 0.25) is 0 Å². The minimum atomic E-state index is -0.614. The minimum Gasteiger partial charge on any atom is -0.504 e. The lowest BCUT2D eigenvalue weighted by molar-refractivity contribution is -0.142. The third-order valence-electron chi connectivity index (χ3n) is 4.61. The van der Waals surface area contributed by atoms with Gasteiger partial charge in [-0.1, -0.05) is 38.3 Å². The SMILES string of the molecule is C=C(C)C(=O)Oc1cc2c3c(ccc2cc1O)=CC(C)C(OC(=O)C(=C)C)C=3. The average Bonchev–Trinajstić information content (AvgIpc) is 2.62. The Labute approximate surface area is 162 Å². The van der Waals surface area contributed by atoms with Crippen LogP contribution in [-0.2, 0) is 14.3 Å². The van der Waals surface area contributed by atoms with E-state index in [0.29, 0.717) is 5.57 Å². The normalized spacial score (nSPS) is 17.7. The molecule has 2 aromatic rings. The van der Waals surface area contributed by atoms with Gasteiger partial charge in [-0.2, -0.15) is 0 Å². The average molecular weight is 378 g/mol. The molecule has 0 heterocycles. The standard InChI is InChI=1S/C23H22O5/c1-12(2)22(25)27-20-10-17-15(8-14(20)5)6-7-16-9-19(24)21(11-18(16)17)28-23(26)13(3)4/h6-11,14,20,24H,1,3H2,2,4-5H3. The number of esters is 2. The maximum atomic E-state index is 12.0. The van der Waals surface area contributed by atoms with Crippen LogP contribution in [0.3, 0.4) is 0 Å². The lowest BCUT2D eigenvalue weighted by Crippen LogP contribution is -2.37. The van der Waals surface area contributed by atoms with Crippen LogP contribution in [0.25, 0.3) is 22.9 Å². The number of carbonyl (C=O) groups is 2. The van der Waals surface area contributed by atoms with Crippen LogP contribution in [0.1, 0.15) is 20.8 Å². The third kappa shape index (κ3) is 3.69. The molecular formula is C23H22O5. The fourth-order valence-corrected chi connectivity index (χ4v) is 3.04. The van der Waals surface area contributed by atoms with Gasteiger partial charge in [-0.3, -0.25) is 0 Å². The summed E-state index contributed by atoms with van der Waals surface area (Å²) in [6.07, 6.45) is 3.46. The Bertz CT molecular complexity index is 1140. The molecule has 0 aromatic heterocycles. The molecule has 0 spiro atoms. The van der Waals surface area contributed by atoms with Gasteiger partial charge in [0.05, 0.1) is 0 Å². The Kier molecular flexibility index (Phi) is 5.10. The van der Waals surface area contributed by atoms with E-state index in [1.54, 1.807) is 13.0 Å². The van der Waals surface area contributed by atoms with Crippen molar-refractivity contribution >= 4 is 34.9 Å².